The molecule has 1 aromatic heterocycles. The lowest BCUT2D eigenvalue weighted by atomic mass is 10.1. The van der Waals surface area contributed by atoms with Crippen LogP contribution in [-0.4, -0.2) is 4.57 Å². The fourth-order valence-corrected chi connectivity index (χ4v) is 2.59. The molecule has 3 aromatic rings. The molecular weight excluding hydrogens is 246 g/mol. The van der Waals surface area contributed by atoms with Crippen molar-refractivity contribution in [3.05, 3.63) is 81.6 Å². The maximum Gasteiger partial charge on any atom is 0.251 e. The second-order valence-electron chi connectivity index (χ2n) is 5.26. The van der Waals surface area contributed by atoms with E-state index in [4.69, 9.17) is 0 Å². The molecule has 0 saturated heterocycles. The van der Waals surface area contributed by atoms with E-state index in [1.54, 1.807) is 6.07 Å². The summed E-state index contributed by atoms with van der Waals surface area (Å²) in [7, 11) is 0. The van der Waals surface area contributed by atoms with Gasteiger partial charge in [0, 0.05) is 11.5 Å². The minimum Gasteiger partial charge on any atom is -0.304 e. The average molecular weight is 263 g/mol. The van der Waals surface area contributed by atoms with E-state index >= 15 is 0 Å². The molecule has 0 bridgehead atoms. The van der Waals surface area contributed by atoms with Gasteiger partial charge in [-0.15, -0.1) is 0 Å². The highest BCUT2D eigenvalue weighted by atomic mass is 16.1. The molecule has 0 atom stereocenters. The number of benzene rings is 2. The van der Waals surface area contributed by atoms with Crippen molar-refractivity contribution >= 4 is 10.9 Å². The van der Waals surface area contributed by atoms with E-state index < -0.39 is 0 Å². The van der Waals surface area contributed by atoms with Gasteiger partial charge in [-0.3, -0.25) is 4.79 Å². The largest absolute Gasteiger partial charge is 0.304 e. The van der Waals surface area contributed by atoms with Crippen molar-refractivity contribution in [2.45, 2.75) is 20.4 Å². The molecule has 20 heavy (non-hydrogen) atoms. The molecule has 0 saturated carbocycles. The molecule has 100 valence electrons. The Balaban J connectivity index is 2.24. The molecule has 2 aromatic carbocycles. The molecule has 0 unspecified atom stereocenters. The summed E-state index contributed by atoms with van der Waals surface area (Å²) in [6, 6.07) is 18.1. The van der Waals surface area contributed by atoms with Crippen LogP contribution in [-0.2, 0) is 6.54 Å². The van der Waals surface area contributed by atoms with Crippen molar-refractivity contribution < 1.29 is 0 Å². The third kappa shape index (κ3) is 2.25. The summed E-state index contributed by atoms with van der Waals surface area (Å²) in [5.74, 6) is 0. The average Bonchev–Trinajstić information content (AvgIpc) is 2.44. The van der Waals surface area contributed by atoms with Crippen LogP contribution in [0.2, 0.25) is 0 Å². The van der Waals surface area contributed by atoms with Crippen LogP contribution >= 0.6 is 0 Å². The summed E-state index contributed by atoms with van der Waals surface area (Å²) in [5.41, 5.74) is 4.42. The zero-order chi connectivity index (χ0) is 14.1. The zero-order valence-corrected chi connectivity index (χ0v) is 11.8. The van der Waals surface area contributed by atoms with Gasteiger partial charge in [0.05, 0.1) is 12.1 Å². The van der Waals surface area contributed by atoms with Crippen LogP contribution in [0.25, 0.3) is 10.9 Å². The van der Waals surface area contributed by atoms with Crippen molar-refractivity contribution in [2.24, 2.45) is 0 Å². The van der Waals surface area contributed by atoms with Gasteiger partial charge in [0.2, 0.25) is 0 Å². The van der Waals surface area contributed by atoms with Crippen molar-refractivity contribution in [3.8, 4) is 0 Å². The van der Waals surface area contributed by atoms with E-state index in [1.165, 1.54) is 5.56 Å². The predicted octanol–water partition coefficient (Wildman–Crippen LogP) is 3.67. The van der Waals surface area contributed by atoms with Crippen LogP contribution in [0.1, 0.15) is 16.7 Å². The molecule has 0 N–H and O–H groups in total. The van der Waals surface area contributed by atoms with Crippen molar-refractivity contribution in [1.29, 1.82) is 0 Å². The van der Waals surface area contributed by atoms with E-state index in [-0.39, 0.29) is 5.56 Å². The first-order valence-electron chi connectivity index (χ1n) is 6.80. The van der Waals surface area contributed by atoms with Crippen LogP contribution in [0, 0.1) is 13.8 Å². The summed E-state index contributed by atoms with van der Waals surface area (Å²) < 4.78 is 1.85. The molecule has 0 aliphatic heterocycles. The van der Waals surface area contributed by atoms with E-state index in [1.807, 2.05) is 41.8 Å². The Morgan fingerprint density at radius 3 is 2.45 bits per heavy atom. The predicted molar refractivity (Wildman–Crippen MR) is 83.2 cm³/mol. The van der Waals surface area contributed by atoms with E-state index in [0.717, 1.165) is 22.0 Å². The monoisotopic (exact) mass is 263 g/mol. The lowest BCUT2D eigenvalue weighted by Crippen LogP contribution is -2.21. The van der Waals surface area contributed by atoms with Gasteiger partial charge in [0.25, 0.3) is 5.56 Å². The summed E-state index contributed by atoms with van der Waals surface area (Å²) in [5, 5.41) is 1.14. The maximum absolute atomic E-state index is 12.3. The van der Waals surface area contributed by atoms with Crippen LogP contribution in [0.3, 0.4) is 0 Å². The third-order valence-corrected chi connectivity index (χ3v) is 3.66. The number of pyridine rings is 1. The standard InChI is InChI=1S/C18H17NO/c1-13-8-9-16-14(2)11-18(20)19(17(16)10-13)12-15-6-4-3-5-7-15/h3-11H,12H2,1-2H3. The first-order valence-corrected chi connectivity index (χ1v) is 6.80. The van der Waals surface area contributed by atoms with Gasteiger partial charge < -0.3 is 4.57 Å². The minimum absolute atomic E-state index is 0.0597. The topological polar surface area (TPSA) is 22.0 Å². The van der Waals surface area contributed by atoms with Gasteiger partial charge in [0.15, 0.2) is 0 Å². The highest BCUT2D eigenvalue weighted by Gasteiger charge is 2.07. The van der Waals surface area contributed by atoms with Crippen LogP contribution < -0.4 is 5.56 Å². The molecule has 0 amide bonds. The van der Waals surface area contributed by atoms with Crippen molar-refractivity contribution in [2.75, 3.05) is 0 Å². The highest BCUT2D eigenvalue weighted by molar-refractivity contribution is 5.83. The van der Waals surface area contributed by atoms with Gasteiger partial charge in [-0.25, -0.2) is 0 Å². The smallest absolute Gasteiger partial charge is 0.251 e. The van der Waals surface area contributed by atoms with Crippen LogP contribution in [0.15, 0.2) is 59.4 Å². The number of hydrogen-bond donors (Lipinski definition) is 0. The molecule has 0 spiro atoms. The van der Waals surface area contributed by atoms with E-state index in [9.17, 15) is 4.79 Å². The fourth-order valence-electron chi connectivity index (χ4n) is 2.59. The Kier molecular flexibility index (Phi) is 3.15. The Morgan fingerprint density at radius 1 is 0.950 bits per heavy atom. The lowest BCUT2D eigenvalue weighted by Gasteiger charge is -2.12. The highest BCUT2D eigenvalue weighted by Crippen LogP contribution is 2.18. The third-order valence-electron chi connectivity index (χ3n) is 3.66. The summed E-state index contributed by atoms with van der Waals surface area (Å²) in [6.07, 6.45) is 0. The molecular formula is C18H17NO. The maximum atomic E-state index is 12.3. The Hall–Kier alpha value is -2.35. The van der Waals surface area contributed by atoms with E-state index in [2.05, 4.69) is 25.1 Å². The quantitative estimate of drug-likeness (QED) is 0.691. The molecule has 2 heteroatoms. The van der Waals surface area contributed by atoms with Crippen molar-refractivity contribution in [1.82, 2.24) is 4.57 Å². The summed E-state index contributed by atoms with van der Waals surface area (Å²) in [6.45, 7) is 4.66. The first kappa shape index (κ1) is 12.7. The SMILES string of the molecule is Cc1ccc2c(C)cc(=O)n(Cc3ccccc3)c2c1. The van der Waals surface area contributed by atoms with Gasteiger partial charge in [-0.2, -0.15) is 0 Å². The Labute approximate surface area is 118 Å². The molecule has 1 heterocycles. The number of fused-ring (bicyclic) bond motifs is 1. The Bertz CT molecular complexity index is 816. The van der Waals surface area contributed by atoms with Crippen LogP contribution in [0.4, 0.5) is 0 Å². The first-order chi connectivity index (χ1) is 9.65. The molecule has 3 rings (SSSR count). The summed E-state index contributed by atoms with van der Waals surface area (Å²) in [4.78, 5) is 12.3. The second-order valence-corrected chi connectivity index (χ2v) is 5.26. The number of nitrogens with zero attached hydrogens (tertiary/aromatic N) is 1. The summed E-state index contributed by atoms with van der Waals surface area (Å²) >= 11 is 0. The minimum atomic E-state index is 0.0597. The number of rotatable bonds is 2. The number of hydrogen-bond acceptors (Lipinski definition) is 1. The van der Waals surface area contributed by atoms with E-state index in [0.29, 0.717) is 6.54 Å². The van der Waals surface area contributed by atoms with Crippen molar-refractivity contribution in [3.63, 3.8) is 0 Å². The number of aryl methyl sites for hydroxylation is 2. The molecule has 0 radical (unpaired) electrons. The van der Waals surface area contributed by atoms with Gasteiger partial charge in [-0.05, 0) is 36.6 Å². The van der Waals surface area contributed by atoms with Crippen LogP contribution in [0.5, 0.6) is 0 Å². The fraction of sp³-hybridized carbons (Fsp3) is 0.167. The molecule has 0 aliphatic carbocycles. The Morgan fingerprint density at radius 2 is 1.70 bits per heavy atom. The lowest BCUT2D eigenvalue weighted by molar-refractivity contribution is 0.793. The molecule has 0 aliphatic rings. The normalized spacial score (nSPS) is 10.9. The number of aromatic nitrogens is 1. The van der Waals surface area contributed by atoms with Gasteiger partial charge in [0.1, 0.15) is 0 Å². The zero-order valence-electron chi connectivity index (χ0n) is 11.8. The molecule has 2 nitrogen and oxygen atoms in total. The van der Waals surface area contributed by atoms with Gasteiger partial charge in [-0.1, -0.05) is 42.5 Å². The second kappa shape index (κ2) is 4.97. The van der Waals surface area contributed by atoms with Gasteiger partial charge >= 0.3 is 0 Å². The molecule has 0 fully saturated rings.